The van der Waals surface area contributed by atoms with E-state index in [0.29, 0.717) is 57.8 Å². The molecule has 0 aromatic heterocycles. The second kappa shape index (κ2) is 27.3. The molecule has 4 amide bonds. The minimum atomic E-state index is -1.64. The van der Waals surface area contributed by atoms with E-state index in [1.54, 1.807) is 0 Å². The van der Waals surface area contributed by atoms with Crippen molar-refractivity contribution in [1.82, 2.24) is 21.3 Å². The van der Waals surface area contributed by atoms with Crippen LogP contribution in [0.2, 0.25) is 0 Å². The Morgan fingerprint density at radius 3 is 1.13 bits per heavy atom. The normalized spacial score (nSPS) is 39.1. The predicted molar refractivity (Wildman–Crippen MR) is 263 cm³/mol. The van der Waals surface area contributed by atoms with Crippen LogP contribution in [0.25, 0.3) is 0 Å². The first-order valence-electron chi connectivity index (χ1n) is 26.7. The van der Waals surface area contributed by atoms with Gasteiger partial charge < -0.3 is 116 Å². The van der Waals surface area contributed by atoms with E-state index >= 15 is 0 Å². The third kappa shape index (κ3) is 15.2. The number of carbonyl (C=O) groups excluding carboxylic acids is 4. The lowest BCUT2D eigenvalue weighted by Crippen LogP contribution is -2.69. The molecule has 4 saturated carbocycles. The molecule has 0 unspecified atom stereocenters. The summed E-state index contributed by atoms with van der Waals surface area (Å²) in [6.07, 6.45) is -18.6. The second-order valence-corrected chi connectivity index (χ2v) is 22.3. The molecular weight excluding hydrogens is 1040 g/mol. The van der Waals surface area contributed by atoms with E-state index < -0.39 is 140 Å². The van der Waals surface area contributed by atoms with Crippen LogP contribution < -0.4 is 21.3 Å². The Bertz CT molecular complexity index is 1920. The van der Waals surface area contributed by atoms with Crippen molar-refractivity contribution in [3.63, 3.8) is 0 Å². The van der Waals surface area contributed by atoms with Crippen LogP contribution in [0.4, 0.5) is 4.79 Å². The maximum Gasteiger partial charge on any atom is 0.407 e. The van der Waals surface area contributed by atoms with Crippen LogP contribution >= 0.6 is 0 Å². The van der Waals surface area contributed by atoms with Crippen LogP contribution in [0.3, 0.4) is 0 Å². The van der Waals surface area contributed by atoms with E-state index in [4.69, 9.17) is 33.2 Å². The average Bonchev–Trinajstić information content (AvgIpc) is 3.61. The Balaban J connectivity index is 1.03. The van der Waals surface area contributed by atoms with Crippen molar-refractivity contribution in [2.45, 2.75) is 181 Å². The van der Waals surface area contributed by atoms with Crippen LogP contribution in [0, 0.1) is 16.2 Å². The highest BCUT2D eigenvalue weighted by Gasteiger charge is 2.68. The molecule has 3 heterocycles. The van der Waals surface area contributed by atoms with Gasteiger partial charge in [0.05, 0.1) is 39.6 Å². The van der Waals surface area contributed by atoms with Crippen LogP contribution in [-0.2, 0) is 54.1 Å². The van der Waals surface area contributed by atoms with Gasteiger partial charge in [0.1, 0.15) is 79.9 Å². The molecule has 4 bridgehead atoms. The van der Waals surface area contributed by atoms with Crippen molar-refractivity contribution in [2.75, 3.05) is 59.3 Å². The summed E-state index contributed by atoms with van der Waals surface area (Å²) in [5.74, 6) is -1.02. The molecule has 27 nitrogen and oxygen atoms in total. The lowest BCUT2D eigenvalue weighted by Gasteiger charge is -2.71. The third-order valence-corrected chi connectivity index (χ3v) is 16.3. The molecule has 7 fully saturated rings. The highest BCUT2D eigenvalue weighted by Crippen LogP contribution is 2.74. The Labute approximate surface area is 450 Å². The third-order valence-electron chi connectivity index (χ3n) is 16.3. The first-order chi connectivity index (χ1) is 37.2. The largest absolute Gasteiger partial charge is 0.445 e. The lowest BCUT2D eigenvalue weighted by molar-refractivity contribution is -0.300. The van der Waals surface area contributed by atoms with Gasteiger partial charge in [0.2, 0.25) is 17.7 Å². The van der Waals surface area contributed by atoms with Crippen LogP contribution in [0.15, 0.2) is 30.3 Å². The fraction of sp³-hybridized carbons (Fsp3) is 0.804. The standard InChI is InChI=1S/C51H80N4O23/c56-18-29-35(62)38(65)41(68)44(76-29)72-15-12-52-32(59)6-9-48-22-49(10-7-33(60)53-13-16-73-45-42(69)39(66)36(63)30(19-57)77-45)24-50(23-48,27-51(25-48,26-49)55-47(71)75-21-28-4-2-1-3-5-28)11-8-34(61)54-14-17-74-46-43(70)40(67)37(64)31(20-58)78-46/h1-5,29-31,35-46,56-58,62-70H,6-27H2,(H,52,59)(H,53,60)(H,54,61)(H,55,71)/t29-,30-,31-,35-,36-,37-,38+,39+,40+,41+,42+,43+,44+,45+,46+,48?,49?,50?,51?/m1/s1. The molecule has 15 atom stereocenters. The molecule has 7 aliphatic rings. The summed E-state index contributed by atoms with van der Waals surface area (Å²) in [7, 11) is 0. The van der Waals surface area contributed by atoms with Gasteiger partial charge in [-0.1, -0.05) is 30.3 Å². The van der Waals surface area contributed by atoms with Crippen molar-refractivity contribution in [1.29, 1.82) is 0 Å². The van der Waals surface area contributed by atoms with Gasteiger partial charge in [0, 0.05) is 44.4 Å². The molecule has 27 heteroatoms. The van der Waals surface area contributed by atoms with Gasteiger partial charge in [0.15, 0.2) is 18.9 Å². The van der Waals surface area contributed by atoms with E-state index in [1.165, 1.54) is 0 Å². The summed E-state index contributed by atoms with van der Waals surface area (Å²) in [6.45, 7) is -2.50. The molecule has 0 radical (unpaired) electrons. The van der Waals surface area contributed by atoms with E-state index in [0.717, 1.165) is 5.56 Å². The quantitative estimate of drug-likeness (QED) is 0.0367. The summed E-state index contributed by atoms with van der Waals surface area (Å²) < 4.78 is 38.7. The lowest BCUT2D eigenvalue weighted by atomic mass is 9.35. The monoisotopic (exact) mass is 1120 g/mol. The number of aliphatic hydroxyl groups is 12. The smallest absolute Gasteiger partial charge is 0.407 e. The molecule has 8 rings (SSSR count). The second-order valence-electron chi connectivity index (χ2n) is 22.3. The summed E-state index contributed by atoms with van der Waals surface area (Å²) in [5, 5.41) is 132. The number of carbonyl (C=O) groups is 4. The molecule has 1 aromatic rings. The number of rotatable bonds is 27. The van der Waals surface area contributed by atoms with E-state index in [1.807, 2.05) is 30.3 Å². The fourth-order valence-electron chi connectivity index (χ4n) is 13.3. The summed E-state index contributed by atoms with van der Waals surface area (Å²) in [4.78, 5) is 54.8. The molecule has 0 spiro atoms. The van der Waals surface area contributed by atoms with E-state index in [9.17, 15) is 80.5 Å². The molecule has 1 aromatic carbocycles. The SMILES string of the molecule is O=C(CCC12CC3(CCC(=O)NCCO[C@H]4O[C@H](CO)[C@@H](O)[C@H](O)[C@@H]4O)CC(CCC(=O)NCCO[C@H]4O[C@H](CO)[C@@H](O)[C@H](O)[C@@H]4O)(C1)CC(NC(=O)OCc1ccccc1)(C2)C3)NCCO[C@H]1O[C@H](CO)[C@@H](O)[C@H](O)[C@@H]1O. The van der Waals surface area contributed by atoms with Gasteiger partial charge in [0.25, 0.3) is 0 Å². The van der Waals surface area contributed by atoms with E-state index in [-0.39, 0.29) is 83.0 Å². The summed E-state index contributed by atoms with van der Waals surface area (Å²) >= 11 is 0. The zero-order valence-corrected chi connectivity index (χ0v) is 43.5. The number of benzene rings is 1. The van der Waals surface area contributed by atoms with Gasteiger partial charge in [-0.3, -0.25) is 14.4 Å². The minimum Gasteiger partial charge on any atom is -0.445 e. The molecule has 4 aliphatic carbocycles. The Hall–Kier alpha value is -3.82. The maximum atomic E-state index is 13.9. The average molecular weight is 1120 g/mol. The number of hydrogen-bond acceptors (Lipinski definition) is 23. The van der Waals surface area contributed by atoms with Gasteiger partial charge in [-0.15, -0.1) is 0 Å². The summed E-state index contributed by atoms with van der Waals surface area (Å²) in [5.41, 5.74) is -1.93. The van der Waals surface area contributed by atoms with Gasteiger partial charge >= 0.3 is 6.09 Å². The van der Waals surface area contributed by atoms with Crippen molar-refractivity contribution < 1.29 is 114 Å². The number of alkyl carbamates (subject to hydrolysis) is 1. The maximum absolute atomic E-state index is 13.9. The zero-order valence-electron chi connectivity index (χ0n) is 43.5. The summed E-state index contributed by atoms with van der Waals surface area (Å²) in [6, 6.07) is 9.13. The minimum absolute atomic E-state index is 0.00894. The molecule has 3 saturated heterocycles. The van der Waals surface area contributed by atoms with Crippen LogP contribution in [0.5, 0.6) is 0 Å². The first-order valence-corrected chi connectivity index (χ1v) is 26.7. The topological polar surface area (TPSA) is 424 Å². The Morgan fingerprint density at radius 2 is 0.808 bits per heavy atom. The number of amides is 4. The molecule has 442 valence electrons. The van der Waals surface area contributed by atoms with Crippen molar-refractivity contribution in [3.05, 3.63) is 35.9 Å². The van der Waals surface area contributed by atoms with E-state index in [2.05, 4.69) is 21.3 Å². The molecular formula is C51H80N4O23. The fourth-order valence-corrected chi connectivity index (χ4v) is 13.3. The van der Waals surface area contributed by atoms with Crippen LogP contribution in [-0.4, -0.2) is 242 Å². The Kier molecular flexibility index (Phi) is 21.6. The van der Waals surface area contributed by atoms with Gasteiger partial charge in [-0.25, -0.2) is 4.79 Å². The number of nitrogens with one attached hydrogen (secondary N) is 4. The molecule has 3 aliphatic heterocycles. The van der Waals surface area contributed by atoms with Crippen molar-refractivity contribution >= 4 is 23.8 Å². The molecule has 16 N–H and O–H groups in total. The highest BCUT2D eigenvalue weighted by atomic mass is 16.7. The Morgan fingerprint density at radius 1 is 0.474 bits per heavy atom. The first kappa shape index (κ1) is 61.8. The number of hydrogen-bond donors (Lipinski definition) is 16. The number of ether oxygens (including phenoxy) is 7. The van der Waals surface area contributed by atoms with Crippen molar-refractivity contribution in [3.8, 4) is 0 Å². The van der Waals surface area contributed by atoms with Gasteiger partial charge in [-0.2, -0.15) is 0 Å². The highest BCUT2D eigenvalue weighted by molar-refractivity contribution is 5.77. The van der Waals surface area contributed by atoms with Crippen molar-refractivity contribution in [2.24, 2.45) is 16.2 Å². The molecule has 78 heavy (non-hydrogen) atoms. The zero-order chi connectivity index (χ0) is 56.4. The predicted octanol–water partition coefficient (Wildman–Crippen LogP) is -4.87. The number of aliphatic hydroxyl groups excluding tert-OH is 12. The van der Waals surface area contributed by atoms with Crippen LogP contribution in [0.1, 0.15) is 82.6 Å². The van der Waals surface area contributed by atoms with Gasteiger partial charge in [-0.05, 0) is 79.6 Å².